The van der Waals surface area contributed by atoms with Gasteiger partial charge in [0, 0.05) is 18.4 Å². The predicted molar refractivity (Wildman–Crippen MR) is 49.1 cm³/mol. The van der Waals surface area contributed by atoms with Gasteiger partial charge >= 0.3 is 0 Å². The van der Waals surface area contributed by atoms with Crippen molar-refractivity contribution < 1.29 is 0 Å². The van der Waals surface area contributed by atoms with Crippen molar-refractivity contribution in [1.29, 1.82) is 0 Å². The summed E-state index contributed by atoms with van der Waals surface area (Å²) in [7, 11) is 0. The van der Waals surface area contributed by atoms with E-state index in [1.54, 1.807) is 12.4 Å². The third kappa shape index (κ3) is 3.06. The molecule has 1 aromatic rings. The van der Waals surface area contributed by atoms with Crippen LogP contribution in [-0.2, 0) is 0 Å². The smallest absolute Gasteiger partial charge is 0.0592 e. The van der Waals surface area contributed by atoms with Gasteiger partial charge in [0.25, 0.3) is 0 Å². The molecule has 0 bridgehead atoms. The summed E-state index contributed by atoms with van der Waals surface area (Å²) in [6.07, 6.45) is 3.31. The van der Waals surface area contributed by atoms with Crippen LogP contribution in [0.2, 0.25) is 5.02 Å². The Morgan fingerprint density at radius 1 is 1.55 bits per heavy atom. The molecule has 0 aliphatic heterocycles. The third-order valence-electron chi connectivity index (χ3n) is 1.25. The largest absolute Gasteiger partial charge is 0.324 e. The van der Waals surface area contributed by atoms with Crippen LogP contribution in [0.15, 0.2) is 18.5 Å². The molecule has 0 fully saturated rings. The number of halogens is 2. The molecule has 2 N–H and O–H groups in total. The van der Waals surface area contributed by atoms with Gasteiger partial charge in [-0.3, -0.25) is 4.98 Å². The molecule has 0 spiro atoms. The van der Waals surface area contributed by atoms with Crippen LogP contribution >= 0.6 is 24.0 Å². The summed E-state index contributed by atoms with van der Waals surface area (Å²) in [6.45, 7) is 1.90. The number of nitrogens with two attached hydrogens (primary N) is 1. The summed E-state index contributed by atoms with van der Waals surface area (Å²) in [4.78, 5) is 3.89. The number of aromatic nitrogens is 1. The molecule has 0 unspecified atom stereocenters. The van der Waals surface area contributed by atoms with E-state index in [0.29, 0.717) is 5.02 Å². The summed E-state index contributed by atoms with van der Waals surface area (Å²) < 4.78 is 0. The lowest BCUT2D eigenvalue weighted by molar-refractivity contribution is 0.812. The van der Waals surface area contributed by atoms with Crippen LogP contribution in [0, 0.1) is 0 Å². The fraction of sp³-hybridized carbons (Fsp3) is 0.286. The zero-order valence-electron chi connectivity index (χ0n) is 6.12. The Balaban J connectivity index is 0.000001000. The van der Waals surface area contributed by atoms with Crippen molar-refractivity contribution in [1.82, 2.24) is 4.98 Å². The molecule has 62 valence electrons. The second kappa shape index (κ2) is 4.54. The van der Waals surface area contributed by atoms with Gasteiger partial charge in [-0.15, -0.1) is 12.4 Å². The van der Waals surface area contributed by atoms with E-state index in [9.17, 15) is 0 Å². The van der Waals surface area contributed by atoms with Crippen LogP contribution in [0.1, 0.15) is 18.5 Å². The van der Waals surface area contributed by atoms with E-state index in [2.05, 4.69) is 4.98 Å². The summed E-state index contributed by atoms with van der Waals surface area (Å²) in [5.74, 6) is 0. The molecular weight excluding hydrogens is 183 g/mol. The van der Waals surface area contributed by atoms with Gasteiger partial charge in [0.1, 0.15) is 0 Å². The lowest BCUT2D eigenvalue weighted by Crippen LogP contribution is -2.04. The first kappa shape index (κ1) is 10.7. The summed E-state index contributed by atoms with van der Waals surface area (Å²) in [5.41, 5.74) is 6.55. The number of hydrogen-bond donors (Lipinski definition) is 1. The molecule has 0 aliphatic rings. The monoisotopic (exact) mass is 192 g/mol. The van der Waals surface area contributed by atoms with E-state index in [4.69, 9.17) is 17.3 Å². The molecule has 4 heteroatoms. The fourth-order valence-electron chi connectivity index (χ4n) is 0.677. The molecule has 0 radical (unpaired) electrons. The fourth-order valence-corrected chi connectivity index (χ4v) is 0.860. The summed E-state index contributed by atoms with van der Waals surface area (Å²) >= 11 is 5.67. The lowest BCUT2D eigenvalue weighted by atomic mass is 10.2. The van der Waals surface area contributed by atoms with Crippen LogP contribution in [0.3, 0.4) is 0 Å². The first-order valence-corrected chi connectivity index (χ1v) is 3.44. The van der Waals surface area contributed by atoms with Gasteiger partial charge in [-0.1, -0.05) is 11.6 Å². The third-order valence-corrected chi connectivity index (χ3v) is 1.46. The topological polar surface area (TPSA) is 38.9 Å². The van der Waals surface area contributed by atoms with Crippen LogP contribution in [-0.4, -0.2) is 4.98 Å². The zero-order valence-corrected chi connectivity index (χ0v) is 7.69. The van der Waals surface area contributed by atoms with Crippen LogP contribution < -0.4 is 5.73 Å². The van der Waals surface area contributed by atoms with Gasteiger partial charge in [0.05, 0.1) is 5.02 Å². The molecule has 1 rings (SSSR count). The average Bonchev–Trinajstić information content (AvgIpc) is 1.88. The van der Waals surface area contributed by atoms with E-state index in [1.807, 2.05) is 13.0 Å². The molecule has 0 aliphatic carbocycles. The SMILES string of the molecule is C[C@H](N)c1cncc(Cl)c1.Cl. The van der Waals surface area contributed by atoms with Crippen molar-refractivity contribution in [2.24, 2.45) is 5.73 Å². The predicted octanol–water partition coefficient (Wildman–Crippen LogP) is 2.18. The molecular formula is C7H10Cl2N2. The quantitative estimate of drug-likeness (QED) is 0.742. The molecule has 11 heavy (non-hydrogen) atoms. The van der Waals surface area contributed by atoms with E-state index in [0.717, 1.165) is 5.56 Å². The second-order valence-electron chi connectivity index (χ2n) is 2.23. The van der Waals surface area contributed by atoms with Crippen molar-refractivity contribution in [3.05, 3.63) is 29.0 Å². The molecule has 1 atom stereocenters. The van der Waals surface area contributed by atoms with Gasteiger partial charge in [0.15, 0.2) is 0 Å². The molecule has 0 aromatic carbocycles. The first-order valence-electron chi connectivity index (χ1n) is 3.06. The highest BCUT2D eigenvalue weighted by atomic mass is 35.5. The molecule has 0 saturated heterocycles. The Bertz CT molecular complexity index is 225. The summed E-state index contributed by atoms with van der Waals surface area (Å²) in [6, 6.07) is 1.82. The Kier molecular flexibility index (Phi) is 4.42. The van der Waals surface area contributed by atoms with Crippen molar-refractivity contribution in [3.63, 3.8) is 0 Å². The normalized spacial score (nSPS) is 11.9. The maximum atomic E-state index is 5.67. The Hall–Kier alpha value is -0.310. The minimum Gasteiger partial charge on any atom is -0.324 e. The highest BCUT2D eigenvalue weighted by molar-refractivity contribution is 6.30. The second-order valence-corrected chi connectivity index (χ2v) is 2.66. The van der Waals surface area contributed by atoms with Crippen LogP contribution in [0.5, 0.6) is 0 Å². The molecule has 1 aromatic heterocycles. The molecule has 0 amide bonds. The Morgan fingerprint density at radius 3 is 2.55 bits per heavy atom. The van der Waals surface area contributed by atoms with E-state index >= 15 is 0 Å². The van der Waals surface area contributed by atoms with E-state index in [1.165, 1.54) is 0 Å². The van der Waals surface area contributed by atoms with Gasteiger partial charge in [-0.25, -0.2) is 0 Å². The van der Waals surface area contributed by atoms with Crippen LogP contribution in [0.25, 0.3) is 0 Å². The Morgan fingerprint density at radius 2 is 2.18 bits per heavy atom. The minimum absolute atomic E-state index is 0. The van der Waals surface area contributed by atoms with E-state index in [-0.39, 0.29) is 18.4 Å². The van der Waals surface area contributed by atoms with Crippen molar-refractivity contribution >= 4 is 24.0 Å². The van der Waals surface area contributed by atoms with Crippen molar-refractivity contribution in [3.8, 4) is 0 Å². The maximum Gasteiger partial charge on any atom is 0.0592 e. The molecule has 1 heterocycles. The summed E-state index contributed by atoms with van der Waals surface area (Å²) in [5, 5.41) is 0.634. The maximum absolute atomic E-state index is 5.67. The van der Waals surface area contributed by atoms with Gasteiger partial charge in [-0.2, -0.15) is 0 Å². The van der Waals surface area contributed by atoms with Crippen LogP contribution in [0.4, 0.5) is 0 Å². The first-order chi connectivity index (χ1) is 4.70. The van der Waals surface area contributed by atoms with E-state index < -0.39 is 0 Å². The lowest BCUT2D eigenvalue weighted by Gasteiger charge is -2.03. The van der Waals surface area contributed by atoms with Gasteiger partial charge in [-0.05, 0) is 18.6 Å². The average molecular weight is 193 g/mol. The zero-order chi connectivity index (χ0) is 7.56. The van der Waals surface area contributed by atoms with Gasteiger partial charge in [0.2, 0.25) is 0 Å². The minimum atomic E-state index is 0. The number of rotatable bonds is 1. The highest BCUT2D eigenvalue weighted by Crippen LogP contribution is 2.12. The molecule has 0 saturated carbocycles. The highest BCUT2D eigenvalue weighted by Gasteiger charge is 1.98. The number of hydrogen-bond acceptors (Lipinski definition) is 2. The Labute approximate surface area is 77.2 Å². The van der Waals surface area contributed by atoms with Gasteiger partial charge < -0.3 is 5.73 Å². The standard InChI is InChI=1S/C7H9ClN2.ClH/c1-5(9)6-2-7(8)4-10-3-6;/h2-5H,9H2,1H3;1H/t5-;/m0./s1. The number of pyridine rings is 1. The molecule has 2 nitrogen and oxygen atoms in total. The van der Waals surface area contributed by atoms with Crippen molar-refractivity contribution in [2.75, 3.05) is 0 Å². The van der Waals surface area contributed by atoms with Crippen molar-refractivity contribution in [2.45, 2.75) is 13.0 Å². The number of nitrogens with zero attached hydrogens (tertiary/aromatic N) is 1.